The molecule has 0 radical (unpaired) electrons. The molecule has 1 atom stereocenters. The van der Waals surface area contributed by atoms with Crippen LogP contribution in [0.15, 0.2) is 24.3 Å². The first-order valence-electron chi connectivity index (χ1n) is 8.27. The van der Waals surface area contributed by atoms with Crippen molar-refractivity contribution in [1.82, 2.24) is 10.2 Å². The Bertz CT molecular complexity index is 492. The average molecular weight is 341 g/mol. The van der Waals surface area contributed by atoms with Gasteiger partial charge < -0.3 is 15.0 Å². The number of hydrogen-bond acceptors (Lipinski definition) is 3. The van der Waals surface area contributed by atoms with Crippen LogP contribution in [-0.4, -0.2) is 44.1 Å². The molecule has 1 aromatic carbocycles. The maximum atomic E-state index is 12.7. The summed E-state index contributed by atoms with van der Waals surface area (Å²) in [5, 5.41) is 3.22. The van der Waals surface area contributed by atoms with Crippen molar-refractivity contribution in [3.05, 3.63) is 29.8 Å². The number of nitrogens with one attached hydrogen (secondary N) is 1. The second-order valence-corrected chi connectivity index (χ2v) is 6.55. The quantitative estimate of drug-likeness (QED) is 0.864. The van der Waals surface area contributed by atoms with E-state index in [9.17, 15) is 4.79 Å². The van der Waals surface area contributed by atoms with Crippen molar-refractivity contribution in [3.63, 3.8) is 0 Å². The monoisotopic (exact) mass is 340 g/mol. The Morgan fingerprint density at radius 2 is 2.22 bits per heavy atom. The summed E-state index contributed by atoms with van der Waals surface area (Å²) in [4.78, 5) is 14.7. The van der Waals surface area contributed by atoms with Gasteiger partial charge in [0, 0.05) is 18.7 Å². The van der Waals surface area contributed by atoms with Crippen LogP contribution >= 0.6 is 12.4 Å². The van der Waals surface area contributed by atoms with Crippen LogP contribution in [0.5, 0.6) is 5.75 Å². The third kappa shape index (κ3) is 6.04. The number of halogens is 1. The number of hydrogen-bond donors (Lipinski definition) is 1. The van der Waals surface area contributed by atoms with E-state index in [-0.39, 0.29) is 18.3 Å². The highest BCUT2D eigenvalue weighted by molar-refractivity contribution is 5.94. The van der Waals surface area contributed by atoms with Gasteiger partial charge in [-0.1, -0.05) is 19.9 Å². The molecular formula is C18H29ClN2O2. The third-order valence-corrected chi connectivity index (χ3v) is 3.96. The molecule has 1 fully saturated rings. The summed E-state index contributed by atoms with van der Waals surface area (Å²) in [7, 11) is 1.97. The van der Waals surface area contributed by atoms with Gasteiger partial charge in [-0.05, 0) is 56.5 Å². The number of carbonyl (C=O) groups excluding carboxylic acids is 1. The SMILES string of the molecule is CNCC1CCCN(C(=O)c2cccc(OCC(C)C)c2)C1.Cl. The molecule has 1 aromatic rings. The van der Waals surface area contributed by atoms with Crippen LogP contribution in [0, 0.1) is 11.8 Å². The summed E-state index contributed by atoms with van der Waals surface area (Å²) in [6, 6.07) is 7.57. The molecule has 1 N–H and O–H groups in total. The van der Waals surface area contributed by atoms with E-state index in [0.29, 0.717) is 18.4 Å². The number of nitrogens with zero attached hydrogens (tertiary/aromatic N) is 1. The van der Waals surface area contributed by atoms with Gasteiger partial charge in [0.25, 0.3) is 5.91 Å². The molecular weight excluding hydrogens is 312 g/mol. The van der Waals surface area contributed by atoms with E-state index in [1.54, 1.807) is 0 Å². The highest BCUT2D eigenvalue weighted by Crippen LogP contribution is 2.20. The van der Waals surface area contributed by atoms with Crippen molar-refractivity contribution in [2.45, 2.75) is 26.7 Å². The molecule has 1 aliphatic heterocycles. The van der Waals surface area contributed by atoms with Gasteiger partial charge in [-0.15, -0.1) is 12.4 Å². The lowest BCUT2D eigenvalue weighted by molar-refractivity contribution is 0.0674. The van der Waals surface area contributed by atoms with Crippen LogP contribution in [0.2, 0.25) is 0 Å². The maximum Gasteiger partial charge on any atom is 0.253 e. The number of piperidine rings is 1. The summed E-state index contributed by atoms with van der Waals surface area (Å²) in [6.07, 6.45) is 2.28. The lowest BCUT2D eigenvalue weighted by atomic mass is 9.97. The molecule has 1 saturated heterocycles. The minimum Gasteiger partial charge on any atom is -0.493 e. The fourth-order valence-corrected chi connectivity index (χ4v) is 2.87. The van der Waals surface area contributed by atoms with Crippen LogP contribution < -0.4 is 10.1 Å². The zero-order chi connectivity index (χ0) is 15.9. The maximum absolute atomic E-state index is 12.7. The number of amides is 1. The van der Waals surface area contributed by atoms with Gasteiger partial charge in [0.15, 0.2) is 0 Å². The summed E-state index contributed by atoms with van der Waals surface area (Å²) < 4.78 is 5.72. The van der Waals surface area contributed by atoms with E-state index in [1.807, 2.05) is 36.2 Å². The van der Waals surface area contributed by atoms with E-state index in [0.717, 1.165) is 37.4 Å². The first-order chi connectivity index (χ1) is 10.6. The van der Waals surface area contributed by atoms with Crippen LogP contribution in [0.25, 0.3) is 0 Å². The molecule has 1 aliphatic rings. The largest absolute Gasteiger partial charge is 0.493 e. The van der Waals surface area contributed by atoms with Gasteiger partial charge in [-0.3, -0.25) is 4.79 Å². The van der Waals surface area contributed by atoms with Crippen LogP contribution in [0.3, 0.4) is 0 Å². The number of rotatable bonds is 6. The van der Waals surface area contributed by atoms with Gasteiger partial charge in [-0.25, -0.2) is 0 Å². The lowest BCUT2D eigenvalue weighted by Gasteiger charge is -2.32. The Morgan fingerprint density at radius 1 is 1.43 bits per heavy atom. The number of ether oxygens (including phenoxy) is 1. The van der Waals surface area contributed by atoms with E-state index in [4.69, 9.17) is 4.74 Å². The number of benzene rings is 1. The summed E-state index contributed by atoms with van der Waals surface area (Å²) >= 11 is 0. The topological polar surface area (TPSA) is 41.6 Å². The summed E-state index contributed by atoms with van der Waals surface area (Å²) in [5.74, 6) is 1.94. The molecule has 4 nitrogen and oxygen atoms in total. The molecule has 23 heavy (non-hydrogen) atoms. The van der Waals surface area contributed by atoms with Crippen LogP contribution in [0.1, 0.15) is 37.0 Å². The third-order valence-electron chi connectivity index (χ3n) is 3.96. The molecule has 1 heterocycles. The van der Waals surface area contributed by atoms with Gasteiger partial charge >= 0.3 is 0 Å². The molecule has 2 rings (SSSR count). The predicted octanol–water partition coefficient (Wildman–Crippen LogP) is 3.21. The Balaban J connectivity index is 0.00000264. The molecule has 1 unspecified atom stereocenters. The Morgan fingerprint density at radius 3 is 2.91 bits per heavy atom. The Kier molecular flexibility index (Phi) is 8.42. The highest BCUT2D eigenvalue weighted by atomic mass is 35.5. The highest BCUT2D eigenvalue weighted by Gasteiger charge is 2.24. The molecule has 0 saturated carbocycles. The molecule has 0 spiro atoms. The van der Waals surface area contributed by atoms with Crippen molar-refractivity contribution < 1.29 is 9.53 Å². The second kappa shape index (κ2) is 9.78. The van der Waals surface area contributed by atoms with Crippen LogP contribution in [0.4, 0.5) is 0 Å². The van der Waals surface area contributed by atoms with Gasteiger partial charge in [0.05, 0.1) is 6.61 Å². The summed E-state index contributed by atoms with van der Waals surface area (Å²) in [5.41, 5.74) is 0.728. The van der Waals surface area contributed by atoms with E-state index in [2.05, 4.69) is 19.2 Å². The van der Waals surface area contributed by atoms with E-state index < -0.39 is 0 Å². The zero-order valence-electron chi connectivity index (χ0n) is 14.4. The first kappa shape index (κ1) is 19.8. The number of carbonyl (C=O) groups is 1. The smallest absolute Gasteiger partial charge is 0.253 e. The first-order valence-corrected chi connectivity index (χ1v) is 8.27. The lowest BCUT2D eigenvalue weighted by Crippen LogP contribution is -2.42. The van der Waals surface area contributed by atoms with Crippen molar-refractivity contribution in [2.75, 3.05) is 33.3 Å². The molecule has 130 valence electrons. The van der Waals surface area contributed by atoms with E-state index in [1.165, 1.54) is 6.42 Å². The van der Waals surface area contributed by atoms with Gasteiger partial charge in [-0.2, -0.15) is 0 Å². The molecule has 1 amide bonds. The van der Waals surface area contributed by atoms with E-state index >= 15 is 0 Å². The molecule has 0 aliphatic carbocycles. The Labute approximate surface area is 146 Å². The normalized spacial score (nSPS) is 17.7. The second-order valence-electron chi connectivity index (χ2n) is 6.55. The van der Waals surface area contributed by atoms with Crippen LogP contribution in [-0.2, 0) is 0 Å². The minimum absolute atomic E-state index is 0. The fourth-order valence-electron chi connectivity index (χ4n) is 2.87. The summed E-state index contributed by atoms with van der Waals surface area (Å²) in [6.45, 7) is 7.58. The van der Waals surface area contributed by atoms with Crippen molar-refractivity contribution in [1.29, 1.82) is 0 Å². The molecule has 0 bridgehead atoms. The molecule has 5 heteroatoms. The minimum atomic E-state index is 0. The molecule has 0 aromatic heterocycles. The fraction of sp³-hybridized carbons (Fsp3) is 0.611. The Hall–Kier alpha value is -1.26. The van der Waals surface area contributed by atoms with Gasteiger partial charge in [0.1, 0.15) is 5.75 Å². The number of likely N-dealkylation sites (tertiary alicyclic amines) is 1. The standard InChI is InChI=1S/C18H28N2O2.ClH/c1-14(2)13-22-17-8-4-7-16(10-17)18(21)20-9-5-6-15(12-20)11-19-3;/h4,7-8,10,14-15,19H,5-6,9,11-13H2,1-3H3;1H. The average Bonchev–Trinajstić information content (AvgIpc) is 2.53. The van der Waals surface area contributed by atoms with Gasteiger partial charge in [0.2, 0.25) is 0 Å². The zero-order valence-corrected chi connectivity index (χ0v) is 15.2. The van der Waals surface area contributed by atoms with Crippen molar-refractivity contribution in [2.24, 2.45) is 11.8 Å². The van der Waals surface area contributed by atoms with Crippen molar-refractivity contribution >= 4 is 18.3 Å². The van der Waals surface area contributed by atoms with Crippen molar-refractivity contribution in [3.8, 4) is 5.75 Å². The predicted molar refractivity (Wildman–Crippen MR) is 96.6 cm³/mol.